The van der Waals surface area contributed by atoms with Crippen molar-refractivity contribution in [3.8, 4) is 0 Å². The molecule has 0 bridgehead atoms. The monoisotopic (exact) mass is 659 g/mol. The van der Waals surface area contributed by atoms with Crippen LogP contribution >= 0.6 is 0 Å². The molecule has 2 aromatic carbocycles. The molecule has 0 aromatic heterocycles. The van der Waals surface area contributed by atoms with E-state index in [4.69, 9.17) is 14.2 Å². The van der Waals surface area contributed by atoms with Crippen LogP contribution < -0.4 is 18.9 Å². The summed E-state index contributed by atoms with van der Waals surface area (Å²) in [6.45, 7) is 27.9. The minimum atomic E-state index is -0.515. The Balaban J connectivity index is -0.000000816. The van der Waals surface area contributed by atoms with E-state index in [1.807, 2.05) is 65.8 Å². The summed E-state index contributed by atoms with van der Waals surface area (Å²) in [6.07, 6.45) is 0.490. The number of benzene rings is 2. The fourth-order valence-corrected chi connectivity index (χ4v) is 5.34. The van der Waals surface area contributed by atoms with E-state index in [2.05, 4.69) is 55.4 Å². The van der Waals surface area contributed by atoms with Crippen molar-refractivity contribution in [1.82, 2.24) is 0 Å². The molecule has 0 saturated heterocycles. The van der Waals surface area contributed by atoms with Gasteiger partial charge in [0.1, 0.15) is 11.2 Å². The number of ether oxygens (including phenoxy) is 3. The number of aliphatic hydroxyl groups is 1. The summed E-state index contributed by atoms with van der Waals surface area (Å²) < 4.78 is 15.8. The minimum absolute atomic E-state index is 0. The van der Waals surface area contributed by atoms with Crippen LogP contribution in [-0.2, 0) is 43.2 Å². The molecule has 3 radical (unpaired) electrons. The van der Waals surface area contributed by atoms with Gasteiger partial charge in [0.2, 0.25) is 0 Å². The van der Waals surface area contributed by atoms with Crippen LogP contribution in [0.5, 0.6) is 0 Å². The number of hydrogen-bond donors (Lipinski definition) is 1. The molecule has 0 saturated carbocycles. The normalized spacial score (nSPS) is 11.4. The molecule has 7 nitrogen and oxygen atoms in total. The fourth-order valence-electron chi connectivity index (χ4n) is 5.34. The van der Waals surface area contributed by atoms with Crippen LogP contribution in [0.2, 0.25) is 0 Å². The van der Waals surface area contributed by atoms with E-state index >= 15 is 0 Å². The third kappa shape index (κ3) is 15.4. The molecule has 0 aliphatic carbocycles. The zero-order valence-corrected chi connectivity index (χ0v) is 32.7. The zero-order chi connectivity index (χ0) is 35.7. The molecule has 0 aliphatic heterocycles. The summed E-state index contributed by atoms with van der Waals surface area (Å²) >= 11 is 0. The molecule has 2 rings (SSSR count). The second-order valence-corrected chi connectivity index (χ2v) is 15.2. The number of esters is 3. The van der Waals surface area contributed by atoms with Crippen molar-refractivity contribution in [3.05, 3.63) is 68.8 Å². The van der Waals surface area contributed by atoms with Gasteiger partial charge in [-0.3, -0.25) is 9.59 Å². The van der Waals surface area contributed by atoms with Crippen LogP contribution in [-0.4, -0.2) is 49.7 Å². The van der Waals surface area contributed by atoms with Crippen LogP contribution in [0.4, 0.5) is 0 Å². The van der Waals surface area contributed by atoms with Gasteiger partial charge in [-0.25, -0.2) is 4.79 Å². The standard InChI is InChI=1S/C20H30O4.C19H30O3.B.Li.H/c1-12(2)15-9-14(19(22)23-8)10-16(13(3)4)17(15)11-18(21)24-20(5,6)7;1-12(2)15-8-14(11-20)9-16(13(3)4)17(15)10-18(21)22-19(5,6)7;;;/h9-10,12-13H,11H2,1-8H3;8-9,12-13,20H,10-11H2,1-7H3;;;/q;;;+1;-1. The van der Waals surface area contributed by atoms with E-state index in [0.717, 1.165) is 38.9 Å². The number of aliphatic hydroxyl groups excluding tert-OH is 1. The summed E-state index contributed by atoms with van der Waals surface area (Å²) in [5.74, 6) is 0.143. The number of rotatable bonds is 10. The van der Waals surface area contributed by atoms with Gasteiger partial charge in [-0.2, -0.15) is 0 Å². The van der Waals surface area contributed by atoms with Crippen molar-refractivity contribution in [3.63, 3.8) is 0 Å². The Bertz CT molecular complexity index is 1300. The van der Waals surface area contributed by atoms with Crippen LogP contribution in [0.25, 0.3) is 0 Å². The molecule has 9 heteroatoms. The predicted octanol–water partition coefficient (Wildman–Crippen LogP) is 5.65. The van der Waals surface area contributed by atoms with Gasteiger partial charge in [-0.1, -0.05) is 67.5 Å². The van der Waals surface area contributed by atoms with E-state index in [0.29, 0.717) is 17.4 Å². The summed E-state index contributed by atoms with van der Waals surface area (Å²) in [5.41, 5.74) is 6.69. The third-order valence-electron chi connectivity index (χ3n) is 7.27. The average molecular weight is 660 g/mol. The summed E-state index contributed by atoms with van der Waals surface area (Å²) in [6, 6.07) is 7.69. The second-order valence-electron chi connectivity index (χ2n) is 15.2. The van der Waals surface area contributed by atoms with Crippen molar-refractivity contribution >= 4 is 26.3 Å². The van der Waals surface area contributed by atoms with Crippen LogP contribution in [0.15, 0.2) is 24.3 Å². The summed E-state index contributed by atoms with van der Waals surface area (Å²) in [4.78, 5) is 36.6. The Morgan fingerprint density at radius 3 is 1.17 bits per heavy atom. The SMILES string of the molecule is CC(C)c1cc(CO)cc(C(C)C)c1CC(=O)OC(C)(C)C.COC(=O)c1cc(C(C)C)c(CC(=O)OC(C)(C)C)c(C(C)C)c1.[B].[H-].[Li+]. The van der Waals surface area contributed by atoms with Crippen LogP contribution in [0.3, 0.4) is 0 Å². The van der Waals surface area contributed by atoms with Crippen molar-refractivity contribution in [2.75, 3.05) is 7.11 Å². The molecule has 1 N–H and O–H groups in total. The molecule has 263 valence electrons. The fraction of sp³-hybridized carbons (Fsp3) is 0.615. The van der Waals surface area contributed by atoms with Gasteiger partial charge < -0.3 is 20.7 Å². The Hall–Kier alpha value is -2.53. The number of carbonyl (C=O) groups is 3. The van der Waals surface area contributed by atoms with Gasteiger partial charge in [0.25, 0.3) is 0 Å². The molecule has 0 amide bonds. The Morgan fingerprint density at radius 1 is 0.646 bits per heavy atom. The molecule has 0 fully saturated rings. The van der Waals surface area contributed by atoms with Gasteiger partial charge in [-0.05, 0) is 116 Å². The third-order valence-corrected chi connectivity index (χ3v) is 7.27. The summed E-state index contributed by atoms with van der Waals surface area (Å²) in [5, 5.41) is 9.48. The molecule has 0 spiro atoms. The van der Waals surface area contributed by atoms with Crippen molar-refractivity contribution < 1.29 is 54.0 Å². The smallest absolute Gasteiger partial charge is 1.00 e. The molecule has 0 unspecified atom stereocenters. The largest absolute Gasteiger partial charge is 1.00 e. The Labute approximate surface area is 306 Å². The van der Waals surface area contributed by atoms with E-state index in [1.165, 1.54) is 7.11 Å². The molecule has 2 aromatic rings. The van der Waals surface area contributed by atoms with Gasteiger partial charge in [0.05, 0.1) is 32.1 Å². The first-order chi connectivity index (χ1) is 21.0. The second kappa shape index (κ2) is 20.2. The van der Waals surface area contributed by atoms with E-state index in [1.54, 1.807) is 0 Å². The first-order valence-electron chi connectivity index (χ1n) is 16.5. The van der Waals surface area contributed by atoms with Gasteiger partial charge >= 0.3 is 36.8 Å². The van der Waals surface area contributed by atoms with E-state index < -0.39 is 11.2 Å². The van der Waals surface area contributed by atoms with Crippen molar-refractivity contribution in [2.24, 2.45) is 0 Å². The summed E-state index contributed by atoms with van der Waals surface area (Å²) in [7, 11) is 1.38. The van der Waals surface area contributed by atoms with Crippen molar-refractivity contribution in [2.45, 2.75) is 151 Å². The van der Waals surface area contributed by atoms with Crippen LogP contribution in [0, 0.1) is 0 Å². The first-order valence-corrected chi connectivity index (χ1v) is 16.5. The minimum Gasteiger partial charge on any atom is -1.00 e. The van der Waals surface area contributed by atoms with Gasteiger partial charge in [0.15, 0.2) is 0 Å². The maximum atomic E-state index is 12.3. The molecule has 0 aliphatic rings. The molecule has 0 atom stereocenters. The van der Waals surface area contributed by atoms with Gasteiger partial charge in [0, 0.05) is 8.41 Å². The van der Waals surface area contributed by atoms with Gasteiger partial charge in [-0.15, -0.1) is 0 Å². The topological polar surface area (TPSA) is 99.1 Å². The van der Waals surface area contributed by atoms with E-state index in [9.17, 15) is 19.5 Å². The Morgan fingerprint density at radius 2 is 0.938 bits per heavy atom. The maximum absolute atomic E-state index is 12.3. The van der Waals surface area contributed by atoms with Crippen molar-refractivity contribution in [1.29, 1.82) is 0 Å². The van der Waals surface area contributed by atoms with Crippen LogP contribution in [0.1, 0.15) is 171 Å². The number of methoxy groups -OCH3 is 1. The molecule has 48 heavy (non-hydrogen) atoms. The first kappa shape index (κ1) is 47.6. The Kier molecular flexibility index (Phi) is 20.0. The zero-order valence-electron chi connectivity index (χ0n) is 33.7. The quantitative estimate of drug-likeness (QED) is 0.200. The number of hydrogen-bond acceptors (Lipinski definition) is 7. The maximum Gasteiger partial charge on any atom is 1.00 e. The predicted molar refractivity (Wildman–Crippen MR) is 192 cm³/mol. The average Bonchev–Trinajstić information content (AvgIpc) is 2.90. The molecule has 0 heterocycles. The number of carbonyl (C=O) groups excluding carboxylic acids is 3. The molecular weight excluding hydrogens is 598 g/mol. The molecular formula is C39H61BLiO7. The van der Waals surface area contributed by atoms with E-state index in [-0.39, 0.29) is 77.9 Å².